The van der Waals surface area contributed by atoms with Gasteiger partial charge in [0.25, 0.3) is 0 Å². The van der Waals surface area contributed by atoms with E-state index in [1.807, 2.05) is 0 Å². The molecule has 0 atom stereocenters. The summed E-state index contributed by atoms with van der Waals surface area (Å²) in [7, 11) is 0. The Hall–Kier alpha value is -1.49. The van der Waals surface area contributed by atoms with Crippen molar-refractivity contribution in [3.8, 4) is 11.1 Å². The van der Waals surface area contributed by atoms with Crippen LogP contribution in [-0.2, 0) is 10.3 Å². The van der Waals surface area contributed by atoms with Crippen molar-refractivity contribution in [2.45, 2.75) is 26.4 Å². The summed E-state index contributed by atoms with van der Waals surface area (Å²) in [6.07, 6.45) is 1.60. The number of nitrogens with one attached hydrogen (secondary N) is 1. The summed E-state index contributed by atoms with van der Waals surface area (Å²) in [5.74, 6) is -0.535. The van der Waals surface area contributed by atoms with Gasteiger partial charge >= 0.3 is 5.97 Å². The second-order valence-electron chi connectivity index (χ2n) is 5.33. The van der Waals surface area contributed by atoms with E-state index in [0.29, 0.717) is 26.9 Å². The maximum absolute atomic E-state index is 12.4. The number of aromatic amines is 1. The molecule has 4 nitrogen and oxygen atoms in total. The number of aliphatic hydroxyl groups is 1. The number of carbonyl (C=O) groups is 1. The van der Waals surface area contributed by atoms with Gasteiger partial charge in [-0.05, 0) is 32.9 Å². The highest BCUT2D eigenvalue weighted by Gasteiger charge is 2.30. The summed E-state index contributed by atoms with van der Waals surface area (Å²) >= 11 is 12.5. The summed E-state index contributed by atoms with van der Waals surface area (Å²) < 4.78 is 5.11. The van der Waals surface area contributed by atoms with E-state index in [2.05, 4.69) is 4.98 Å². The Labute approximate surface area is 139 Å². The number of carbonyl (C=O) groups excluding carboxylic acids is 1. The second kappa shape index (κ2) is 6.32. The first kappa shape index (κ1) is 16.9. The van der Waals surface area contributed by atoms with Gasteiger partial charge in [0.1, 0.15) is 0 Å². The van der Waals surface area contributed by atoms with E-state index < -0.39 is 11.6 Å². The minimum absolute atomic E-state index is 0.227. The second-order valence-corrected chi connectivity index (χ2v) is 6.14. The lowest BCUT2D eigenvalue weighted by atomic mass is 9.96. The van der Waals surface area contributed by atoms with Gasteiger partial charge in [0.2, 0.25) is 0 Å². The van der Waals surface area contributed by atoms with Crippen molar-refractivity contribution >= 4 is 29.2 Å². The van der Waals surface area contributed by atoms with Gasteiger partial charge < -0.3 is 14.8 Å². The number of ether oxygens (including phenoxy) is 1. The third-order valence-corrected chi connectivity index (χ3v) is 3.83. The van der Waals surface area contributed by atoms with E-state index in [1.54, 1.807) is 45.2 Å². The van der Waals surface area contributed by atoms with Crippen molar-refractivity contribution in [1.29, 1.82) is 0 Å². The van der Waals surface area contributed by atoms with Crippen LogP contribution in [0.3, 0.4) is 0 Å². The molecule has 0 aliphatic carbocycles. The fourth-order valence-corrected chi connectivity index (χ4v) is 2.87. The SMILES string of the molecule is CCOC(=O)c1c(-c2c(Cl)cccc2Cl)c[nH]c1C(C)(C)O. The van der Waals surface area contributed by atoms with Crippen molar-refractivity contribution in [2.24, 2.45) is 0 Å². The van der Waals surface area contributed by atoms with Crippen LogP contribution in [0.5, 0.6) is 0 Å². The van der Waals surface area contributed by atoms with Crippen LogP contribution in [0.4, 0.5) is 0 Å². The molecule has 118 valence electrons. The average Bonchev–Trinajstić information content (AvgIpc) is 2.83. The van der Waals surface area contributed by atoms with Gasteiger partial charge in [-0.3, -0.25) is 0 Å². The Morgan fingerprint density at radius 2 is 1.91 bits per heavy atom. The van der Waals surface area contributed by atoms with Crippen molar-refractivity contribution in [2.75, 3.05) is 6.61 Å². The van der Waals surface area contributed by atoms with E-state index in [4.69, 9.17) is 27.9 Å². The molecule has 1 heterocycles. The molecule has 0 fully saturated rings. The molecule has 0 spiro atoms. The van der Waals surface area contributed by atoms with E-state index in [9.17, 15) is 9.90 Å². The van der Waals surface area contributed by atoms with Gasteiger partial charge in [-0.1, -0.05) is 29.3 Å². The quantitative estimate of drug-likeness (QED) is 0.810. The minimum atomic E-state index is -1.24. The molecular weight excluding hydrogens is 325 g/mol. The average molecular weight is 342 g/mol. The molecular formula is C16H17Cl2NO3. The first-order valence-electron chi connectivity index (χ1n) is 6.83. The Balaban J connectivity index is 2.72. The van der Waals surface area contributed by atoms with Gasteiger partial charge in [-0.2, -0.15) is 0 Å². The van der Waals surface area contributed by atoms with Crippen LogP contribution in [0.2, 0.25) is 10.0 Å². The highest BCUT2D eigenvalue weighted by atomic mass is 35.5. The zero-order valence-corrected chi connectivity index (χ0v) is 14.0. The largest absolute Gasteiger partial charge is 0.462 e. The molecule has 2 N–H and O–H groups in total. The number of aromatic nitrogens is 1. The van der Waals surface area contributed by atoms with E-state index in [0.717, 1.165) is 0 Å². The molecule has 1 aromatic heterocycles. The van der Waals surface area contributed by atoms with E-state index in [-0.39, 0.29) is 12.2 Å². The van der Waals surface area contributed by atoms with Gasteiger partial charge in [-0.25, -0.2) is 4.79 Å². The van der Waals surface area contributed by atoms with Crippen LogP contribution in [-0.4, -0.2) is 22.7 Å². The van der Waals surface area contributed by atoms with E-state index in [1.165, 1.54) is 0 Å². The lowest BCUT2D eigenvalue weighted by molar-refractivity contribution is 0.0484. The summed E-state index contributed by atoms with van der Waals surface area (Å²) in [4.78, 5) is 15.3. The summed E-state index contributed by atoms with van der Waals surface area (Å²) in [5, 5.41) is 11.1. The number of benzene rings is 1. The third kappa shape index (κ3) is 3.14. The number of esters is 1. The fraction of sp³-hybridized carbons (Fsp3) is 0.312. The summed E-state index contributed by atoms with van der Waals surface area (Å²) in [6, 6.07) is 5.10. The predicted octanol–water partition coefficient (Wildman–Crippen LogP) is 4.39. The van der Waals surface area contributed by atoms with Crippen molar-refractivity contribution < 1.29 is 14.6 Å². The monoisotopic (exact) mass is 341 g/mol. The zero-order chi connectivity index (χ0) is 16.5. The van der Waals surface area contributed by atoms with Crippen molar-refractivity contribution in [3.63, 3.8) is 0 Å². The molecule has 0 amide bonds. The van der Waals surface area contributed by atoms with Crippen molar-refractivity contribution in [1.82, 2.24) is 4.98 Å². The topological polar surface area (TPSA) is 62.3 Å². The molecule has 0 aliphatic heterocycles. The minimum Gasteiger partial charge on any atom is -0.462 e. The third-order valence-electron chi connectivity index (χ3n) is 3.20. The Kier molecular flexibility index (Phi) is 4.85. The molecule has 0 saturated heterocycles. The highest BCUT2D eigenvalue weighted by Crippen LogP contribution is 2.39. The van der Waals surface area contributed by atoms with Gasteiger partial charge in [-0.15, -0.1) is 0 Å². The number of hydrogen-bond acceptors (Lipinski definition) is 3. The maximum atomic E-state index is 12.4. The molecule has 2 aromatic rings. The van der Waals surface area contributed by atoms with Crippen LogP contribution in [0.25, 0.3) is 11.1 Å². The van der Waals surface area contributed by atoms with Gasteiger partial charge in [0, 0.05) is 27.4 Å². The van der Waals surface area contributed by atoms with Gasteiger partial charge in [0.15, 0.2) is 0 Å². The molecule has 22 heavy (non-hydrogen) atoms. The summed E-state index contributed by atoms with van der Waals surface area (Å²) in [6.45, 7) is 5.11. The van der Waals surface area contributed by atoms with Crippen LogP contribution < -0.4 is 0 Å². The highest BCUT2D eigenvalue weighted by molar-refractivity contribution is 6.39. The van der Waals surface area contributed by atoms with Crippen LogP contribution in [0.1, 0.15) is 36.8 Å². The smallest absolute Gasteiger partial charge is 0.340 e. The van der Waals surface area contributed by atoms with Gasteiger partial charge in [0.05, 0.1) is 23.5 Å². The molecule has 0 unspecified atom stereocenters. The Morgan fingerprint density at radius 3 is 2.41 bits per heavy atom. The number of rotatable bonds is 4. The first-order valence-corrected chi connectivity index (χ1v) is 7.58. The van der Waals surface area contributed by atoms with Crippen molar-refractivity contribution in [3.05, 3.63) is 45.7 Å². The Bertz CT molecular complexity index is 682. The lowest BCUT2D eigenvalue weighted by Gasteiger charge is -2.18. The van der Waals surface area contributed by atoms with Crippen LogP contribution >= 0.6 is 23.2 Å². The molecule has 6 heteroatoms. The first-order chi connectivity index (χ1) is 10.3. The fourth-order valence-electron chi connectivity index (χ4n) is 2.27. The molecule has 0 bridgehead atoms. The molecule has 1 aromatic carbocycles. The summed E-state index contributed by atoms with van der Waals surface area (Å²) in [5.41, 5.74) is 0.391. The van der Waals surface area contributed by atoms with E-state index >= 15 is 0 Å². The number of halogens is 2. The molecule has 0 radical (unpaired) electrons. The molecule has 2 rings (SSSR count). The standard InChI is InChI=1S/C16H17Cl2NO3/c1-4-22-15(20)13-9(8-19-14(13)16(2,3)21)12-10(17)6-5-7-11(12)18/h5-8,19,21H,4H2,1-3H3. The maximum Gasteiger partial charge on any atom is 0.340 e. The zero-order valence-electron chi connectivity index (χ0n) is 12.5. The lowest BCUT2D eigenvalue weighted by Crippen LogP contribution is -2.21. The van der Waals surface area contributed by atoms with Crippen LogP contribution in [0.15, 0.2) is 24.4 Å². The molecule has 0 saturated carbocycles. The number of H-pyrrole nitrogens is 1. The van der Waals surface area contributed by atoms with Crippen LogP contribution in [0, 0.1) is 0 Å². The normalized spacial score (nSPS) is 11.5. The Morgan fingerprint density at radius 1 is 1.32 bits per heavy atom. The number of hydrogen-bond donors (Lipinski definition) is 2. The predicted molar refractivity (Wildman–Crippen MR) is 87.5 cm³/mol. The molecule has 0 aliphatic rings.